The Morgan fingerprint density at radius 1 is 0.583 bits per heavy atom. The lowest BCUT2D eigenvalue weighted by Crippen LogP contribution is -2.25. The van der Waals surface area contributed by atoms with Crippen molar-refractivity contribution in [2.45, 2.75) is 148 Å². The van der Waals surface area contributed by atoms with Crippen molar-refractivity contribution in [3.8, 4) is 0 Å². The van der Waals surface area contributed by atoms with E-state index in [4.69, 9.17) is 0 Å². The first kappa shape index (κ1) is 28.2. The van der Waals surface area contributed by atoms with E-state index in [2.05, 4.69) is 31.2 Å². The van der Waals surface area contributed by atoms with Gasteiger partial charge in [0.25, 0.3) is 0 Å². The van der Waals surface area contributed by atoms with Gasteiger partial charge in [0.15, 0.2) is 0 Å². The molecule has 0 aliphatic heterocycles. The minimum atomic E-state index is -0.164. The molecule has 204 valence electrons. The Morgan fingerprint density at radius 2 is 1.11 bits per heavy atom. The Hall–Kier alpha value is -0.850. The molecule has 0 atom stereocenters. The van der Waals surface area contributed by atoms with E-state index in [0.717, 1.165) is 61.2 Å². The van der Waals surface area contributed by atoms with Gasteiger partial charge >= 0.3 is 0 Å². The van der Waals surface area contributed by atoms with E-state index >= 15 is 0 Å². The van der Waals surface area contributed by atoms with Gasteiger partial charge in [-0.15, -0.1) is 0 Å². The van der Waals surface area contributed by atoms with E-state index in [1.807, 2.05) is 0 Å². The molecule has 0 unspecified atom stereocenters. The second-order valence-corrected chi connectivity index (χ2v) is 13.2. The second-order valence-electron chi connectivity index (χ2n) is 13.2. The largest absolute Gasteiger partial charge is 0.251 e. The topological polar surface area (TPSA) is 0 Å². The van der Waals surface area contributed by atoms with Crippen molar-refractivity contribution >= 4 is 0 Å². The van der Waals surface area contributed by atoms with Crippen LogP contribution in [0.2, 0.25) is 0 Å². The summed E-state index contributed by atoms with van der Waals surface area (Å²) in [4.78, 5) is 0. The van der Waals surface area contributed by atoms with Gasteiger partial charge in [-0.2, -0.15) is 0 Å². The normalized spacial score (nSPS) is 31.4. The van der Waals surface area contributed by atoms with Gasteiger partial charge in [0.2, 0.25) is 0 Å². The van der Waals surface area contributed by atoms with Gasteiger partial charge in [-0.3, -0.25) is 4.39 Å². The van der Waals surface area contributed by atoms with E-state index in [-0.39, 0.29) is 6.67 Å². The highest BCUT2D eigenvalue weighted by Gasteiger charge is 2.31. The molecule has 3 fully saturated rings. The Balaban J connectivity index is 1.09. The summed E-state index contributed by atoms with van der Waals surface area (Å²) in [6.07, 6.45) is 29.4. The quantitative estimate of drug-likeness (QED) is 0.238. The molecule has 3 aliphatic rings. The minimum Gasteiger partial charge on any atom is -0.251 e. The number of hydrogen-bond donors (Lipinski definition) is 0. The molecule has 0 saturated heterocycles. The highest BCUT2D eigenvalue weighted by molar-refractivity contribution is 5.26. The van der Waals surface area contributed by atoms with Crippen LogP contribution in [0.4, 0.5) is 4.39 Å². The molecule has 0 spiro atoms. The van der Waals surface area contributed by atoms with Crippen molar-refractivity contribution in [2.75, 3.05) is 6.67 Å². The molecule has 1 aromatic rings. The fraction of sp³-hybridized carbons (Fsp3) is 0.829. The van der Waals surface area contributed by atoms with Crippen LogP contribution in [0.15, 0.2) is 24.3 Å². The van der Waals surface area contributed by atoms with Crippen LogP contribution in [-0.2, 0) is 6.42 Å². The van der Waals surface area contributed by atoms with Gasteiger partial charge < -0.3 is 0 Å². The van der Waals surface area contributed by atoms with E-state index < -0.39 is 0 Å². The van der Waals surface area contributed by atoms with Crippen molar-refractivity contribution < 1.29 is 4.39 Å². The zero-order valence-electron chi connectivity index (χ0n) is 23.7. The fourth-order valence-electron chi connectivity index (χ4n) is 8.20. The Labute approximate surface area is 223 Å². The number of benzene rings is 1. The summed E-state index contributed by atoms with van der Waals surface area (Å²) in [5.41, 5.74) is 3.01. The molecule has 0 aromatic heterocycles. The van der Waals surface area contributed by atoms with Gasteiger partial charge in [-0.1, -0.05) is 108 Å². The van der Waals surface area contributed by atoms with Crippen molar-refractivity contribution in [1.29, 1.82) is 0 Å². The van der Waals surface area contributed by atoms with Crippen LogP contribution in [0.1, 0.15) is 152 Å². The van der Waals surface area contributed by atoms with Gasteiger partial charge in [0, 0.05) is 0 Å². The van der Waals surface area contributed by atoms with Gasteiger partial charge in [-0.25, -0.2) is 0 Å². The van der Waals surface area contributed by atoms with E-state index in [9.17, 15) is 4.39 Å². The molecule has 0 N–H and O–H groups in total. The molecular formula is C35H57F. The summed E-state index contributed by atoms with van der Waals surface area (Å²) in [7, 11) is 0. The number of unbranched alkanes of at least 4 members (excludes halogenated alkanes) is 3. The highest BCUT2D eigenvalue weighted by atomic mass is 19.1. The molecule has 0 heterocycles. The summed E-state index contributed by atoms with van der Waals surface area (Å²) < 4.78 is 12.3. The third kappa shape index (κ3) is 8.87. The van der Waals surface area contributed by atoms with Gasteiger partial charge in [0.1, 0.15) is 0 Å². The SMILES string of the molecule is CCCCC1CCC(CCC2CCC(C3CCC(c4ccc(CCCCCF)cc4)CC3)CC2)CC1. The third-order valence-electron chi connectivity index (χ3n) is 10.8. The Bertz CT molecular complexity index is 684. The number of hydrogen-bond acceptors (Lipinski definition) is 0. The van der Waals surface area contributed by atoms with Crippen LogP contribution >= 0.6 is 0 Å². The molecule has 0 bridgehead atoms. The average molecular weight is 497 g/mol. The van der Waals surface area contributed by atoms with E-state index in [1.165, 1.54) is 115 Å². The van der Waals surface area contributed by atoms with Crippen molar-refractivity contribution in [2.24, 2.45) is 29.6 Å². The van der Waals surface area contributed by atoms with Gasteiger partial charge in [-0.05, 0) is 104 Å². The summed E-state index contributed by atoms with van der Waals surface area (Å²) in [6.45, 7) is 2.18. The van der Waals surface area contributed by atoms with Gasteiger partial charge in [0.05, 0.1) is 6.67 Å². The number of alkyl halides is 1. The van der Waals surface area contributed by atoms with Crippen molar-refractivity contribution in [3.63, 3.8) is 0 Å². The number of rotatable bonds is 13. The Kier molecular flexibility index (Phi) is 12.2. The first-order valence-electron chi connectivity index (χ1n) is 16.4. The zero-order chi connectivity index (χ0) is 25.0. The summed E-state index contributed by atoms with van der Waals surface area (Å²) in [5, 5.41) is 0. The van der Waals surface area contributed by atoms with Crippen LogP contribution in [-0.4, -0.2) is 6.67 Å². The van der Waals surface area contributed by atoms with Crippen LogP contribution < -0.4 is 0 Å². The maximum atomic E-state index is 12.3. The third-order valence-corrected chi connectivity index (χ3v) is 10.8. The summed E-state index contributed by atoms with van der Waals surface area (Å²) in [6, 6.07) is 9.49. The predicted molar refractivity (Wildman–Crippen MR) is 154 cm³/mol. The first-order chi connectivity index (χ1) is 17.7. The van der Waals surface area contributed by atoms with Crippen molar-refractivity contribution in [1.82, 2.24) is 0 Å². The monoisotopic (exact) mass is 496 g/mol. The Morgan fingerprint density at radius 3 is 1.67 bits per heavy atom. The summed E-state index contributed by atoms with van der Waals surface area (Å²) >= 11 is 0. The number of halogens is 1. The van der Waals surface area contributed by atoms with Crippen LogP contribution in [0, 0.1) is 29.6 Å². The molecule has 0 radical (unpaired) electrons. The lowest BCUT2D eigenvalue weighted by molar-refractivity contribution is 0.149. The molecule has 1 aromatic carbocycles. The molecule has 3 aliphatic carbocycles. The first-order valence-corrected chi connectivity index (χ1v) is 16.4. The van der Waals surface area contributed by atoms with E-state index in [1.54, 1.807) is 5.56 Å². The standard InChI is InChI=1S/C35H57F/c1-2-3-7-28-9-11-30(12-10-28)13-14-31-17-21-33(22-18-31)35-25-23-34(24-26-35)32-19-15-29(16-20-32)8-5-4-6-27-36/h15-16,19-20,28,30-31,33-35H,2-14,17-18,21-27H2,1H3. The minimum absolute atomic E-state index is 0.164. The van der Waals surface area contributed by atoms with E-state index in [0.29, 0.717) is 0 Å². The average Bonchev–Trinajstić information content (AvgIpc) is 2.94. The lowest BCUT2D eigenvalue weighted by atomic mass is 9.67. The van der Waals surface area contributed by atoms with Crippen molar-refractivity contribution in [3.05, 3.63) is 35.4 Å². The highest BCUT2D eigenvalue weighted by Crippen LogP contribution is 2.45. The van der Waals surface area contributed by atoms with Crippen LogP contribution in [0.25, 0.3) is 0 Å². The number of aryl methyl sites for hydroxylation is 1. The predicted octanol–water partition coefficient (Wildman–Crippen LogP) is 11.2. The maximum Gasteiger partial charge on any atom is 0.0894 e. The molecule has 0 nitrogen and oxygen atoms in total. The second kappa shape index (κ2) is 15.5. The fourth-order valence-corrected chi connectivity index (χ4v) is 8.20. The molecule has 1 heteroatoms. The molecule has 4 rings (SSSR count). The molecule has 0 amide bonds. The molecule has 3 saturated carbocycles. The zero-order valence-corrected chi connectivity index (χ0v) is 23.7. The molecular weight excluding hydrogens is 439 g/mol. The smallest absolute Gasteiger partial charge is 0.0894 e. The van der Waals surface area contributed by atoms with Crippen LogP contribution in [0.5, 0.6) is 0 Å². The lowest BCUT2D eigenvalue weighted by Gasteiger charge is -2.38. The van der Waals surface area contributed by atoms with Crippen LogP contribution in [0.3, 0.4) is 0 Å². The summed E-state index contributed by atoms with van der Waals surface area (Å²) in [5.74, 6) is 6.00. The molecule has 36 heavy (non-hydrogen) atoms. The maximum absolute atomic E-state index is 12.3.